The SMILES string of the molecule is O=S1(=O)CCc2nn(-c3ccc(Cl)cc3)c(Br)c2C1. The van der Waals surface area contributed by atoms with Gasteiger partial charge in [-0.2, -0.15) is 5.10 Å². The van der Waals surface area contributed by atoms with Gasteiger partial charge in [0.1, 0.15) is 4.60 Å². The highest BCUT2D eigenvalue weighted by molar-refractivity contribution is 9.10. The zero-order chi connectivity index (χ0) is 13.6. The monoisotopic (exact) mass is 360 g/mol. The zero-order valence-corrected chi connectivity index (χ0v) is 13.0. The highest BCUT2D eigenvalue weighted by atomic mass is 79.9. The molecule has 7 heteroatoms. The summed E-state index contributed by atoms with van der Waals surface area (Å²) >= 11 is 9.30. The summed E-state index contributed by atoms with van der Waals surface area (Å²) in [5.41, 5.74) is 2.46. The van der Waals surface area contributed by atoms with E-state index in [0.717, 1.165) is 16.9 Å². The molecule has 0 atom stereocenters. The van der Waals surface area contributed by atoms with Crippen LogP contribution in [0.4, 0.5) is 0 Å². The summed E-state index contributed by atoms with van der Waals surface area (Å²) in [6.45, 7) is 0. The van der Waals surface area contributed by atoms with Gasteiger partial charge in [0, 0.05) is 17.0 Å². The first kappa shape index (κ1) is 13.1. The lowest BCUT2D eigenvalue weighted by Crippen LogP contribution is -2.18. The fourth-order valence-corrected chi connectivity index (χ4v) is 4.47. The molecule has 0 N–H and O–H groups in total. The minimum atomic E-state index is -3.00. The molecule has 4 nitrogen and oxygen atoms in total. The number of fused-ring (bicyclic) bond motifs is 1. The summed E-state index contributed by atoms with van der Waals surface area (Å²) in [6, 6.07) is 7.25. The third kappa shape index (κ3) is 2.44. The summed E-state index contributed by atoms with van der Waals surface area (Å²) in [5.74, 6) is 0.223. The van der Waals surface area contributed by atoms with Crippen LogP contribution in [0.15, 0.2) is 28.9 Å². The molecular weight excluding hydrogens is 352 g/mol. The van der Waals surface area contributed by atoms with Gasteiger partial charge in [0.25, 0.3) is 0 Å². The Kier molecular flexibility index (Phi) is 3.19. The van der Waals surface area contributed by atoms with E-state index >= 15 is 0 Å². The van der Waals surface area contributed by atoms with Crippen molar-refractivity contribution in [3.8, 4) is 5.69 Å². The van der Waals surface area contributed by atoms with Crippen molar-refractivity contribution in [3.63, 3.8) is 0 Å². The molecular formula is C12H10BrClN2O2S. The lowest BCUT2D eigenvalue weighted by atomic mass is 10.2. The van der Waals surface area contributed by atoms with E-state index in [9.17, 15) is 8.42 Å². The Morgan fingerprint density at radius 2 is 1.95 bits per heavy atom. The average Bonchev–Trinajstić information content (AvgIpc) is 2.67. The van der Waals surface area contributed by atoms with Gasteiger partial charge >= 0.3 is 0 Å². The molecule has 2 heterocycles. The number of nitrogens with zero attached hydrogens (tertiary/aromatic N) is 2. The molecule has 1 aromatic heterocycles. The van der Waals surface area contributed by atoms with Gasteiger partial charge in [0.15, 0.2) is 9.84 Å². The second-order valence-corrected chi connectivity index (χ2v) is 7.82. The maximum Gasteiger partial charge on any atom is 0.155 e. The van der Waals surface area contributed by atoms with Crippen molar-refractivity contribution in [3.05, 3.63) is 45.1 Å². The van der Waals surface area contributed by atoms with Crippen LogP contribution >= 0.6 is 27.5 Å². The van der Waals surface area contributed by atoms with Crippen LogP contribution in [-0.2, 0) is 22.0 Å². The van der Waals surface area contributed by atoms with Crippen LogP contribution in [0.3, 0.4) is 0 Å². The standard InChI is InChI=1S/C12H10BrClN2O2S/c13-12-10-7-19(17,18)6-5-11(10)15-16(12)9-3-1-8(14)2-4-9/h1-4H,5-7H2. The molecule has 1 aliphatic rings. The molecule has 0 unspecified atom stereocenters. The normalized spacial score (nSPS) is 17.2. The van der Waals surface area contributed by atoms with E-state index in [1.54, 1.807) is 16.8 Å². The predicted octanol–water partition coefficient (Wildman–Crippen LogP) is 2.76. The Balaban J connectivity index is 2.10. The van der Waals surface area contributed by atoms with Crippen LogP contribution in [0, 0.1) is 0 Å². The summed E-state index contributed by atoms with van der Waals surface area (Å²) in [4.78, 5) is 0. The first-order valence-corrected chi connectivity index (χ1v) is 8.68. The van der Waals surface area contributed by atoms with Gasteiger partial charge in [-0.05, 0) is 40.2 Å². The third-order valence-electron chi connectivity index (χ3n) is 3.09. The van der Waals surface area contributed by atoms with Crippen LogP contribution in [-0.4, -0.2) is 24.0 Å². The Hall–Kier alpha value is -0.850. The highest BCUT2D eigenvalue weighted by Gasteiger charge is 2.27. The molecule has 0 amide bonds. The Morgan fingerprint density at radius 1 is 1.26 bits per heavy atom. The van der Waals surface area contributed by atoms with Gasteiger partial charge in [0.05, 0.1) is 22.9 Å². The first-order chi connectivity index (χ1) is 8.96. The number of halogens is 2. The third-order valence-corrected chi connectivity index (χ3v) is 5.71. The molecule has 0 saturated heterocycles. The van der Waals surface area contributed by atoms with E-state index in [-0.39, 0.29) is 11.5 Å². The van der Waals surface area contributed by atoms with Gasteiger partial charge in [0.2, 0.25) is 0 Å². The molecule has 19 heavy (non-hydrogen) atoms. The van der Waals surface area contributed by atoms with E-state index in [1.807, 2.05) is 12.1 Å². The molecule has 1 aromatic carbocycles. The molecule has 100 valence electrons. The number of aryl methyl sites for hydroxylation is 1. The summed E-state index contributed by atoms with van der Waals surface area (Å²) < 4.78 is 25.8. The quantitative estimate of drug-likeness (QED) is 0.785. The Morgan fingerprint density at radius 3 is 2.63 bits per heavy atom. The molecule has 1 aliphatic heterocycles. The van der Waals surface area contributed by atoms with E-state index < -0.39 is 9.84 Å². The smallest absolute Gasteiger partial charge is 0.155 e. The average molecular weight is 362 g/mol. The summed E-state index contributed by atoms with van der Waals surface area (Å²) in [5, 5.41) is 5.13. The van der Waals surface area contributed by atoms with Gasteiger partial charge in [-0.1, -0.05) is 11.6 Å². The fraction of sp³-hybridized carbons (Fsp3) is 0.250. The second-order valence-electron chi connectivity index (χ2n) is 4.45. The molecule has 2 aromatic rings. The van der Waals surface area contributed by atoms with Crippen molar-refractivity contribution >= 4 is 37.4 Å². The van der Waals surface area contributed by atoms with Crippen molar-refractivity contribution in [2.24, 2.45) is 0 Å². The Bertz CT molecular complexity index is 738. The van der Waals surface area contributed by atoms with Gasteiger partial charge in [-0.15, -0.1) is 0 Å². The van der Waals surface area contributed by atoms with Crippen LogP contribution in [0.5, 0.6) is 0 Å². The van der Waals surface area contributed by atoms with Gasteiger partial charge in [-0.25, -0.2) is 13.1 Å². The van der Waals surface area contributed by atoms with Gasteiger partial charge in [-0.3, -0.25) is 0 Å². The topological polar surface area (TPSA) is 52.0 Å². The van der Waals surface area contributed by atoms with Crippen LogP contribution < -0.4 is 0 Å². The van der Waals surface area contributed by atoms with Crippen molar-refractivity contribution in [2.75, 3.05) is 5.75 Å². The highest BCUT2D eigenvalue weighted by Crippen LogP contribution is 2.30. The fourth-order valence-electron chi connectivity index (χ4n) is 2.11. The number of aromatic nitrogens is 2. The second kappa shape index (κ2) is 4.61. The van der Waals surface area contributed by atoms with E-state index in [0.29, 0.717) is 16.0 Å². The zero-order valence-electron chi connectivity index (χ0n) is 9.81. The number of rotatable bonds is 1. The van der Waals surface area contributed by atoms with Crippen molar-refractivity contribution < 1.29 is 8.42 Å². The lowest BCUT2D eigenvalue weighted by molar-refractivity contribution is 0.591. The van der Waals surface area contributed by atoms with Crippen LogP contribution in [0.2, 0.25) is 5.02 Å². The molecule has 0 aliphatic carbocycles. The lowest BCUT2D eigenvalue weighted by Gasteiger charge is -2.10. The maximum absolute atomic E-state index is 11.7. The number of sulfone groups is 1. The molecule has 0 saturated carbocycles. The molecule has 3 rings (SSSR count). The molecule has 0 fully saturated rings. The number of benzene rings is 1. The minimum Gasteiger partial charge on any atom is -0.228 e. The minimum absolute atomic E-state index is 0.0521. The van der Waals surface area contributed by atoms with Crippen molar-refractivity contribution in [2.45, 2.75) is 12.2 Å². The maximum atomic E-state index is 11.7. The molecule has 0 bridgehead atoms. The molecule has 0 radical (unpaired) electrons. The number of hydrogen-bond donors (Lipinski definition) is 0. The number of hydrogen-bond acceptors (Lipinski definition) is 3. The van der Waals surface area contributed by atoms with Crippen LogP contribution in [0.1, 0.15) is 11.3 Å². The summed E-state index contributed by atoms with van der Waals surface area (Å²) in [7, 11) is -3.00. The van der Waals surface area contributed by atoms with Crippen molar-refractivity contribution in [1.29, 1.82) is 0 Å². The van der Waals surface area contributed by atoms with E-state index in [2.05, 4.69) is 21.0 Å². The van der Waals surface area contributed by atoms with E-state index in [4.69, 9.17) is 11.6 Å². The molecule has 0 spiro atoms. The van der Waals surface area contributed by atoms with Crippen LogP contribution in [0.25, 0.3) is 5.69 Å². The summed E-state index contributed by atoms with van der Waals surface area (Å²) in [6.07, 6.45) is 0.469. The van der Waals surface area contributed by atoms with Crippen molar-refractivity contribution in [1.82, 2.24) is 9.78 Å². The van der Waals surface area contributed by atoms with E-state index in [1.165, 1.54) is 0 Å². The van der Waals surface area contributed by atoms with Gasteiger partial charge < -0.3 is 0 Å². The Labute approximate surface area is 124 Å². The first-order valence-electron chi connectivity index (χ1n) is 5.69. The predicted molar refractivity (Wildman–Crippen MR) is 77.5 cm³/mol. The largest absolute Gasteiger partial charge is 0.228 e.